The molecule has 2 amide bonds. The van der Waals surface area contributed by atoms with E-state index in [0.29, 0.717) is 43.1 Å². The Hall–Kier alpha value is -1.99. The lowest BCUT2D eigenvalue weighted by atomic mass is 9.95. The van der Waals surface area contributed by atoms with Crippen molar-refractivity contribution in [3.8, 4) is 11.5 Å². The molecule has 2 aliphatic heterocycles. The van der Waals surface area contributed by atoms with Gasteiger partial charge < -0.3 is 25.4 Å². The molecule has 1 saturated heterocycles. The van der Waals surface area contributed by atoms with E-state index in [0.717, 1.165) is 0 Å². The third-order valence-electron chi connectivity index (χ3n) is 4.21. The number of fused-ring (bicyclic) bond motifs is 1. The van der Waals surface area contributed by atoms with E-state index < -0.39 is 6.04 Å². The standard InChI is InChI=1S/C16H21N3O4.ClH/c1-10(17)16(21)19-6-4-11(5-7-19)15(20)18-12-2-3-13-14(8-12)23-9-22-13;/h2-3,8,10-11H,4-7,9,17H2,1H3,(H,18,20);1H. The molecule has 0 saturated carbocycles. The van der Waals surface area contributed by atoms with Crippen molar-refractivity contribution >= 4 is 29.9 Å². The predicted octanol–water partition coefficient (Wildman–Crippen LogP) is 1.36. The topological polar surface area (TPSA) is 93.9 Å². The molecule has 0 bridgehead atoms. The zero-order chi connectivity index (χ0) is 16.4. The van der Waals surface area contributed by atoms with Crippen LogP contribution in [0.3, 0.4) is 0 Å². The van der Waals surface area contributed by atoms with Crippen molar-refractivity contribution in [1.82, 2.24) is 4.90 Å². The molecule has 3 rings (SSSR count). The first-order valence-corrected chi connectivity index (χ1v) is 7.79. The monoisotopic (exact) mass is 355 g/mol. The van der Waals surface area contributed by atoms with Crippen LogP contribution in [0.5, 0.6) is 11.5 Å². The van der Waals surface area contributed by atoms with Crippen LogP contribution in [0.4, 0.5) is 5.69 Å². The summed E-state index contributed by atoms with van der Waals surface area (Å²) in [5.41, 5.74) is 6.30. The van der Waals surface area contributed by atoms with Gasteiger partial charge in [-0.15, -0.1) is 12.4 Å². The van der Waals surface area contributed by atoms with E-state index in [1.54, 1.807) is 30.0 Å². The van der Waals surface area contributed by atoms with Crippen LogP contribution in [-0.4, -0.2) is 42.6 Å². The van der Waals surface area contributed by atoms with Gasteiger partial charge in [0.25, 0.3) is 0 Å². The molecule has 24 heavy (non-hydrogen) atoms. The van der Waals surface area contributed by atoms with Crippen molar-refractivity contribution in [2.75, 3.05) is 25.2 Å². The minimum atomic E-state index is -0.492. The fraction of sp³-hybridized carbons (Fsp3) is 0.500. The zero-order valence-corrected chi connectivity index (χ0v) is 14.3. The molecule has 132 valence electrons. The summed E-state index contributed by atoms with van der Waals surface area (Å²) in [6, 6.07) is 4.84. The maximum absolute atomic E-state index is 12.4. The molecule has 1 fully saturated rings. The van der Waals surface area contributed by atoms with Gasteiger partial charge >= 0.3 is 0 Å². The first kappa shape index (κ1) is 18.4. The van der Waals surface area contributed by atoms with Crippen LogP contribution in [0, 0.1) is 5.92 Å². The number of halogens is 1. The second kappa shape index (κ2) is 7.72. The van der Waals surface area contributed by atoms with Gasteiger partial charge in [-0.3, -0.25) is 9.59 Å². The predicted molar refractivity (Wildman–Crippen MR) is 91.4 cm³/mol. The number of hydrogen-bond acceptors (Lipinski definition) is 5. The fourth-order valence-corrected chi connectivity index (χ4v) is 2.87. The van der Waals surface area contributed by atoms with E-state index in [1.165, 1.54) is 0 Å². The second-order valence-corrected chi connectivity index (χ2v) is 5.95. The van der Waals surface area contributed by atoms with Crippen molar-refractivity contribution in [2.24, 2.45) is 11.7 Å². The van der Waals surface area contributed by atoms with Crippen molar-refractivity contribution in [3.05, 3.63) is 18.2 Å². The van der Waals surface area contributed by atoms with Crippen LogP contribution in [0.1, 0.15) is 19.8 Å². The van der Waals surface area contributed by atoms with Crippen LogP contribution in [-0.2, 0) is 9.59 Å². The Morgan fingerprint density at radius 2 is 1.92 bits per heavy atom. The zero-order valence-electron chi connectivity index (χ0n) is 13.5. The summed E-state index contributed by atoms with van der Waals surface area (Å²) in [6.07, 6.45) is 1.30. The van der Waals surface area contributed by atoms with E-state index in [4.69, 9.17) is 15.2 Å². The summed E-state index contributed by atoms with van der Waals surface area (Å²) in [5.74, 6) is 1.14. The Morgan fingerprint density at radius 3 is 2.58 bits per heavy atom. The molecule has 3 N–H and O–H groups in total. The minimum absolute atomic E-state index is 0. The molecule has 0 radical (unpaired) electrons. The summed E-state index contributed by atoms with van der Waals surface area (Å²) in [5, 5.41) is 2.91. The van der Waals surface area contributed by atoms with Gasteiger partial charge in [-0.25, -0.2) is 0 Å². The van der Waals surface area contributed by atoms with Crippen LogP contribution in [0.2, 0.25) is 0 Å². The Bertz CT molecular complexity index is 615. The third kappa shape index (κ3) is 3.91. The Kier molecular flexibility index (Phi) is 5.90. The van der Waals surface area contributed by atoms with E-state index in [2.05, 4.69) is 5.32 Å². The largest absolute Gasteiger partial charge is 0.454 e. The molecule has 1 aromatic carbocycles. The number of amides is 2. The molecule has 0 aromatic heterocycles. The van der Waals surface area contributed by atoms with Crippen molar-refractivity contribution in [2.45, 2.75) is 25.8 Å². The lowest BCUT2D eigenvalue weighted by Crippen LogP contribution is -2.47. The fourth-order valence-electron chi connectivity index (χ4n) is 2.87. The van der Waals surface area contributed by atoms with Crippen molar-refractivity contribution in [3.63, 3.8) is 0 Å². The number of carbonyl (C=O) groups is 2. The number of piperidine rings is 1. The Morgan fingerprint density at radius 1 is 1.25 bits per heavy atom. The number of likely N-dealkylation sites (tertiary alicyclic amines) is 1. The smallest absolute Gasteiger partial charge is 0.239 e. The van der Waals surface area contributed by atoms with Gasteiger partial charge in [-0.1, -0.05) is 0 Å². The molecular formula is C16H22ClN3O4. The quantitative estimate of drug-likeness (QED) is 0.853. The van der Waals surface area contributed by atoms with Gasteiger partial charge in [0, 0.05) is 30.8 Å². The number of carbonyl (C=O) groups excluding carboxylic acids is 2. The van der Waals surface area contributed by atoms with Gasteiger partial charge in [0.2, 0.25) is 18.6 Å². The number of nitrogens with two attached hydrogens (primary N) is 1. The van der Waals surface area contributed by atoms with E-state index in [9.17, 15) is 9.59 Å². The average molecular weight is 356 g/mol. The van der Waals surface area contributed by atoms with Crippen molar-refractivity contribution < 1.29 is 19.1 Å². The van der Waals surface area contributed by atoms with Crippen LogP contribution >= 0.6 is 12.4 Å². The first-order valence-electron chi connectivity index (χ1n) is 7.79. The number of anilines is 1. The van der Waals surface area contributed by atoms with E-state index >= 15 is 0 Å². The summed E-state index contributed by atoms with van der Waals surface area (Å²) in [6.45, 7) is 3.03. The van der Waals surface area contributed by atoms with Crippen molar-refractivity contribution in [1.29, 1.82) is 0 Å². The molecule has 8 heteroatoms. The molecule has 1 unspecified atom stereocenters. The first-order chi connectivity index (χ1) is 11.0. The maximum atomic E-state index is 12.4. The Labute approximate surface area is 146 Å². The van der Waals surface area contributed by atoms with Gasteiger partial charge in [0.15, 0.2) is 11.5 Å². The molecule has 1 atom stereocenters. The Balaban J connectivity index is 0.00000208. The normalized spacial score (nSPS) is 17.8. The highest BCUT2D eigenvalue weighted by Crippen LogP contribution is 2.34. The van der Waals surface area contributed by atoms with E-state index in [-0.39, 0.29) is 36.9 Å². The summed E-state index contributed by atoms with van der Waals surface area (Å²) >= 11 is 0. The lowest BCUT2D eigenvalue weighted by molar-refractivity contribution is -0.135. The van der Waals surface area contributed by atoms with Crippen LogP contribution < -0.4 is 20.5 Å². The third-order valence-corrected chi connectivity index (χ3v) is 4.21. The highest BCUT2D eigenvalue weighted by atomic mass is 35.5. The highest BCUT2D eigenvalue weighted by Gasteiger charge is 2.28. The molecule has 2 heterocycles. The van der Waals surface area contributed by atoms with Crippen LogP contribution in [0.15, 0.2) is 18.2 Å². The van der Waals surface area contributed by atoms with Gasteiger partial charge in [0.05, 0.1) is 6.04 Å². The number of ether oxygens (including phenoxy) is 2. The van der Waals surface area contributed by atoms with Gasteiger partial charge in [-0.05, 0) is 31.9 Å². The van der Waals surface area contributed by atoms with Gasteiger partial charge in [-0.2, -0.15) is 0 Å². The second-order valence-electron chi connectivity index (χ2n) is 5.95. The molecule has 2 aliphatic rings. The molecule has 1 aromatic rings. The number of benzene rings is 1. The highest BCUT2D eigenvalue weighted by molar-refractivity contribution is 5.93. The van der Waals surface area contributed by atoms with E-state index in [1.807, 2.05) is 0 Å². The molecule has 0 spiro atoms. The SMILES string of the molecule is CC(N)C(=O)N1CCC(C(=O)Nc2ccc3c(c2)OCO3)CC1.Cl. The summed E-state index contributed by atoms with van der Waals surface area (Å²) < 4.78 is 10.5. The summed E-state index contributed by atoms with van der Waals surface area (Å²) in [7, 11) is 0. The minimum Gasteiger partial charge on any atom is -0.454 e. The maximum Gasteiger partial charge on any atom is 0.239 e. The molecular weight excluding hydrogens is 334 g/mol. The number of hydrogen-bond donors (Lipinski definition) is 2. The summed E-state index contributed by atoms with van der Waals surface area (Å²) in [4.78, 5) is 25.9. The average Bonchev–Trinajstić information content (AvgIpc) is 3.01. The number of nitrogens with one attached hydrogen (secondary N) is 1. The molecule has 0 aliphatic carbocycles. The van der Waals surface area contributed by atoms with Gasteiger partial charge in [0.1, 0.15) is 0 Å². The lowest BCUT2D eigenvalue weighted by Gasteiger charge is -2.32. The number of rotatable bonds is 3. The molecule has 7 nitrogen and oxygen atoms in total. The number of nitrogens with zero attached hydrogens (tertiary/aromatic N) is 1. The van der Waals surface area contributed by atoms with Crippen LogP contribution in [0.25, 0.3) is 0 Å².